The summed E-state index contributed by atoms with van der Waals surface area (Å²) in [7, 11) is 0. The molecule has 0 heterocycles. The highest BCUT2D eigenvalue weighted by atomic mass is 16.3. The van der Waals surface area contributed by atoms with Crippen molar-refractivity contribution in [1.29, 1.82) is 0 Å². The van der Waals surface area contributed by atoms with Gasteiger partial charge in [-0.05, 0) is 104 Å². The summed E-state index contributed by atoms with van der Waals surface area (Å²) in [4.78, 5) is 0. The fraction of sp³-hybridized carbons (Fsp3) is 0.857. The number of hydrogen-bond donors (Lipinski definition) is 2. The van der Waals surface area contributed by atoms with Gasteiger partial charge in [0.25, 0.3) is 0 Å². The van der Waals surface area contributed by atoms with Crippen molar-refractivity contribution in [3.8, 4) is 0 Å². The average molecular weight is 415 g/mol. The molecule has 170 valence electrons. The maximum Gasteiger partial charge on any atom is 0.0757 e. The van der Waals surface area contributed by atoms with Gasteiger partial charge < -0.3 is 10.2 Å². The Balaban J connectivity index is 1.54. The van der Waals surface area contributed by atoms with Gasteiger partial charge in [0.05, 0.1) is 12.2 Å². The SMILES string of the molecule is C=C(CC[C@@H](C)[C@H]1CC[C@H]2[C@@H]3[C@H](O)C=C4C[C@@H](O)CC[C@]4(C)[C@@H]3CC[C@]12C)C(C)C. The summed E-state index contributed by atoms with van der Waals surface area (Å²) in [6.45, 7) is 16.3. The second kappa shape index (κ2) is 8.07. The van der Waals surface area contributed by atoms with Gasteiger partial charge in [0, 0.05) is 0 Å². The highest BCUT2D eigenvalue weighted by Crippen LogP contribution is 2.67. The second-order valence-corrected chi connectivity index (χ2v) is 12.3. The van der Waals surface area contributed by atoms with Crippen molar-refractivity contribution >= 4 is 0 Å². The van der Waals surface area contributed by atoms with E-state index in [1.54, 1.807) is 0 Å². The molecule has 0 aliphatic heterocycles. The molecule has 3 fully saturated rings. The van der Waals surface area contributed by atoms with Gasteiger partial charge in [-0.25, -0.2) is 0 Å². The third kappa shape index (κ3) is 3.54. The van der Waals surface area contributed by atoms with Gasteiger partial charge in [0.2, 0.25) is 0 Å². The number of allylic oxidation sites excluding steroid dienone is 1. The van der Waals surface area contributed by atoms with Crippen LogP contribution >= 0.6 is 0 Å². The van der Waals surface area contributed by atoms with Crippen LogP contribution in [0.1, 0.15) is 92.4 Å². The molecule has 2 N–H and O–H groups in total. The zero-order valence-corrected chi connectivity index (χ0v) is 20.2. The van der Waals surface area contributed by atoms with Gasteiger partial charge in [-0.2, -0.15) is 0 Å². The Morgan fingerprint density at radius 1 is 1.07 bits per heavy atom. The summed E-state index contributed by atoms with van der Waals surface area (Å²) in [6.07, 6.45) is 12.1. The molecule has 0 aromatic carbocycles. The minimum Gasteiger partial charge on any atom is -0.393 e. The van der Waals surface area contributed by atoms with Crippen LogP contribution in [-0.2, 0) is 0 Å². The van der Waals surface area contributed by atoms with Gasteiger partial charge in [0.15, 0.2) is 0 Å². The standard InChI is InChI=1S/C28H46O2/c1-17(2)18(3)7-8-19(4)22-9-10-23-26-24(12-14-28(22,23)6)27(5)13-11-21(29)15-20(27)16-25(26)30/h16-17,19,21-26,29-30H,3,7-15H2,1-2,4-6H3/t19-,21+,22-,23+,24-,25-,26+,27+,28-/m1/s1. The Bertz CT molecular complexity index is 693. The van der Waals surface area contributed by atoms with Crippen molar-refractivity contribution in [3.05, 3.63) is 23.8 Å². The van der Waals surface area contributed by atoms with E-state index >= 15 is 0 Å². The van der Waals surface area contributed by atoms with Crippen LogP contribution < -0.4 is 0 Å². The molecule has 0 radical (unpaired) electrons. The highest BCUT2D eigenvalue weighted by molar-refractivity contribution is 5.28. The van der Waals surface area contributed by atoms with E-state index in [4.69, 9.17) is 0 Å². The summed E-state index contributed by atoms with van der Waals surface area (Å²) in [5.74, 6) is 3.76. The molecule has 0 unspecified atom stereocenters. The molecule has 2 nitrogen and oxygen atoms in total. The van der Waals surface area contributed by atoms with E-state index in [0.29, 0.717) is 29.1 Å². The molecule has 30 heavy (non-hydrogen) atoms. The van der Waals surface area contributed by atoms with E-state index in [0.717, 1.165) is 37.5 Å². The molecular formula is C28H46O2. The van der Waals surface area contributed by atoms with Crippen LogP contribution in [0.5, 0.6) is 0 Å². The average Bonchev–Trinajstić information content (AvgIpc) is 3.04. The molecule has 0 spiro atoms. The zero-order valence-electron chi connectivity index (χ0n) is 20.2. The maximum atomic E-state index is 11.3. The van der Waals surface area contributed by atoms with E-state index in [1.807, 2.05) is 0 Å². The van der Waals surface area contributed by atoms with Crippen LogP contribution in [0.25, 0.3) is 0 Å². The summed E-state index contributed by atoms with van der Waals surface area (Å²) in [5, 5.41) is 21.5. The first-order chi connectivity index (χ1) is 14.1. The zero-order chi connectivity index (χ0) is 21.8. The summed E-state index contributed by atoms with van der Waals surface area (Å²) in [6, 6.07) is 0. The van der Waals surface area contributed by atoms with Crippen molar-refractivity contribution in [2.45, 2.75) is 105 Å². The lowest BCUT2D eigenvalue weighted by Gasteiger charge is -2.59. The Kier molecular flexibility index (Phi) is 6.08. The Morgan fingerprint density at radius 3 is 2.50 bits per heavy atom. The molecule has 4 rings (SSSR count). The predicted octanol–water partition coefficient (Wildman–Crippen LogP) is 6.53. The Labute approximate surface area is 185 Å². The van der Waals surface area contributed by atoms with Crippen LogP contribution in [0.3, 0.4) is 0 Å². The highest BCUT2D eigenvalue weighted by Gasteiger charge is 2.61. The van der Waals surface area contributed by atoms with Gasteiger partial charge in [-0.1, -0.05) is 58.4 Å². The molecule has 0 aromatic heterocycles. The van der Waals surface area contributed by atoms with Gasteiger partial charge in [-0.3, -0.25) is 0 Å². The van der Waals surface area contributed by atoms with Crippen LogP contribution in [0, 0.1) is 46.3 Å². The third-order valence-corrected chi connectivity index (χ3v) is 10.6. The van der Waals surface area contributed by atoms with Crippen molar-refractivity contribution in [3.63, 3.8) is 0 Å². The minimum absolute atomic E-state index is 0.198. The number of aliphatic hydroxyl groups excluding tert-OH is 2. The van der Waals surface area contributed by atoms with E-state index < -0.39 is 0 Å². The lowest BCUT2D eigenvalue weighted by atomic mass is 9.46. The van der Waals surface area contributed by atoms with Crippen molar-refractivity contribution in [2.75, 3.05) is 0 Å². The van der Waals surface area contributed by atoms with Crippen LogP contribution in [0.15, 0.2) is 23.8 Å². The van der Waals surface area contributed by atoms with E-state index in [9.17, 15) is 10.2 Å². The van der Waals surface area contributed by atoms with Gasteiger partial charge in [-0.15, -0.1) is 0 Å². The molecule has 4 aliphatic carbocycles. The Hall–Kier alpha value is -0.600. The number of hydrogen-bond acceptors (Lipinski definition) is 2. The van der Waals surface area contributed by atoms with Crippen LogP contribution in [0.2, 0.25) is 0 Å². The molecule has 3 saturated carbocycles. The minimum atomic E-state index is -0.317. The normalized spacial score (nSPS) is 46.6. The topological polar surface area (TPSA) is 40.5 Å². The number of aliphatic hydroxyl groups is 2. The third-order valence-electron chi connectivity index (χ3n) is 10.6. The van der Waals surface area contributed by atoms with E-state index in [1.165, 1.54) is 43.3 Å². The van der Waals surface area contributed by atoms with Gasteiger partial charge in [0.1, 0.15) is 0 Å². The summed E-state index contributed by atoms with van der Waals surface area (Å²) < 4.78 is 0. The molecular weight excluding hydrogens is 368 g/mol. The van der Waals surface area contributed by atoms with Crippen molar-refractivity contribution < 1.29 is 10.2 Å². The number of rotatable bonds is 5. The van der Waals surface area contributed by atoms with Crippen molar-refractivity contribution in [1.82, 2.24) is 0 Å². The fourth-order valence-corrected chi connectivity index (χ4v) is 8.51. The van der Waals surface area contributed by atoms with E-state index in [-0.39, 0.29) is 17.6 Å². The van der Waals surface area contributed by atoms with Gasteiger partial charge >= 0.3 is 0 Å². The molecule has 0 bridgehead atoms. The first-order valence-electron chi connectivity index (χ1n) is 12.8. The molecule has 0 aromatic rings. The van der Waals surface area contributed by atoms with Crippen molar-refractivity contribution in [2.24, 2.45) is 46.3 Å². The maximum absolute atomic E-state index is 11.3. The fourth-order valence-electron chi connectivity index (χ4n) is 8.51. The smallest absolute Gasteiger partial charge is 0.0757 e. The quantitative estimate of drug-likeness (QED) is 0.502. The summed E-state index contributed by atoms with van der Waals surface area (Å²) in [5.41, 5.74) is 3.33. The predicted molar refractivity (Wildman–Crippen MR) is 125 cm³/mol. The Morgan fingerprint density at radius 2 is 1.80 bits per heavy atom. The number of fused-ring (bicyclic) bond motifs is 5. The second-order valence-electron chi connectivity index (χ2n) is 12.3. The molecule has 0 amide bonds. The first kappa shape index (κ1) is 22.6. The molecule has 2 heteroatoms. The molecule has 9 atom stereocenters. The monoisotopic (exact) mass is 414 g/mol. The lowest BCUT2D eigenvalue weighted by molar-refractivity contribution is -0.0970. The summed E-state index contributed by atoms with van der Waals surface area (Å²) >= 11 is 0. The van der Waals surface area contributed by atoms with Crippen LogP contribution in [-0.4, -0.2) is 22.4 Å². The first-order valence-corrected chi connectivity index (χ1v) is 12.8. The molecule has 0 saturated heterocycles. The van der Waals surface area contributed by atoms with Crippen LogP contribution in [0.4, 0.5) is 0 Å². The largest absolute Gasteiger partial charge is 0.393 e. The molecule has 4 aliphatic rings. The lowest BCUT2D eigenvalue weighted by Crippen LogP contribution is -2.54. The van der Waals surface area contributed by atoms with E-state index in [2.05, 4.69) is 47.3 Å².